The van der Waals surface area contributed by atoms with Gasteiger partial charge in [-0.15, -0.1) is 0 Å². The smallest absolute Gasteiger partial charge is 0.275 e. The molecule has 0 aliphatic heterocycles. The van der Waals surface area contributed by atoms with Gasteiger partial charge >= 0.3 is 0 Å². The maximum absolute atomic E-state index is 11.6. The Bertz CT molecular complexity index is 524. The number of hydrogen-bond donors (Lipinski definition) is 2. The molecule has 0 aliphatic carbocycles. The number of nitrogens with zero attached hydrogens (tertiary/aromatic N) is 1. The second-order valence-corrected chi connectivity index (χ2v) is 3.65. The SMILES string of the molecule is CCCc1c[nH]c2c(=O)[nH]c(CC)nc12. The minimum absolute atomic E-state index is 0.0702. The summed E-state index contributed by atoms with van der Waals surface area (Å²) in [5.41, 5.74) is 2.49. The van der Waals surface area contributed by atoms with Gasteiger partial charge in [-0.1, -0.05) is 20.3 Å². The van der Waals surface area contributed by atoms with E-state index in [1.165, 1.54) is 0 Å². The van der Waals surface area contributed by atoms with Crippen LogP contribution < -0.4 is 5.56 Å². The standard InChI is InChI=1S/C11H15N3O/c1-3-5-7-6-12-10-9(7)13-8(4-2)14-11(10)15/h6,12H,3-5H2,1-2H3,(H,13,14,15). The summed E-state index contributed by atoms with van der Waals surface area (Å²) in [5, 5.41) is 0. The third-order valence-corrected chi connectivity index (χ3v) is 2.52. The lowest BCUT2D eigenvalue weighted by Gasteiger charge is -1.98. The van der Waals surface area contributed by atoms with Crippen LogP contribution in [0.15, 0.2) is 11.0 Å². The van der Waals surface area contributed by atoms with Crippen LogP contribution in [0.4, 0.5) is 0 Å². The van der Waals surface area contributed by atoms with Gasteiger partial charge in [0, 0.05) is 12.6 Å². The molecule has 0 bridgehead atoms. The predicted octanol–water partition coefficient (Wildman–Crippen LogP) is 1.77. The Kier molecular flexibility index (Phi) is 2.58. The number of H-pyrrole nitrogens is 2. The van der Waals surface area contributed by atoms with Gasteiger partial charge in [0.05, 0.1) is 5.52 Å². The lowest BCUT2D eigenvalue weighted by molar-refractivity contribution is 0.914. The summed E-state index contributed by atoms with van der Waals surface area (Å²) in [7, 11) is 0. The van der Waals surface area contributed by atoms with Crippen molar-refractivity contribution in [2.45, 2.75) is 33.1 Å². The number of aryl methyl sites for hydroxylation is 2. The molecule has 2 aromatic rings. The van der Waals surface area contributed by atoms with Gasteiger partial charge in [0.1, 0.15) is 11.3 Å². The molecule has 0 fully saturated rings. The third-order valence-electron chi connectivity index (χ3n) is 2.52. The van der Waals surface area contributed by atoms with Crippen molar-refractivity contribution in [3.8, 4) is 0 Å². The van der Waals surface area contributed by atoms with Gasteiger partial charge in [-0.3, -0.25) is 4.79 Å². The van der Waals surface area contributed by atoms with Crippen molar-refractivity contribution < 1.29 is 0 Å². The minimum Gasteiger partial charge on any atom is -0.355 e. The van der Waals surface area contributed by atoms with E-state index in [0.29, 0.717) is 5.52 Å². The van der Waals surface area contributed by atoms with E-state index in [4.69, 9.17) is 0 Å². The van der Waals surface area contributed by atoms with Crippen molar-refractivity contribution >= 4 is 11.0 Å². The average molecular weight is 205 g/mol. The van der Waals surface area contributed by atoms with Gasteiger partial charge < -0.3 is 9.97 Å². The van der Waals surface area contributed by atoms with Crippen molar-refractivity contribution in [3.63, 3.8) is 0 Å². The molecule has 2 aromatic heterocycles. The summed E-state index contributed by atoms with van der Waals surface area (Å²) in [6.07, 6.45) is 4.65. The Hall–Kier alpha value is -1.58. The third kappa shape index (κ3) is 1.67. The summed E-state index contributed by atoms with van der Waals surface area (Å²) in [5.74, 6) is 0.754. The Morgan fingerprint density at radius 1 is 1.40 bits per heavy atom. The molecule has 2 heterocycles. The van der Waals surface area contributed by atoms with Crippen molar-refractivity contribution in [2.24, 2.45) is 0 Å². The van der Waals surface area contributed by atoms with E-state index in [-0.39, 0.29) is 5.56 Å². The quantitative estimate of drug-likeness (QED) is 0.802. The number of rotatable bonds is 3. The number of hydrogen-bond acceptors (Lipinski definition) is 2. The first-order valence-corrected chi connectivity index (χ1v) is 5.35. The highest BCUT2D eigenvalue weighted by molar-refractivity contribution is 5.77. The molecule has 0 amide bonds. The fraction of sp³-hybridized carbons (Fsp3) is 0.455. The lowest BCUT2D eigenvalue weighted by Crippen LogP contribution is -2.11. The summed E-state index contributed by atoms with van der Waals surface area (Å²) < 4.78 is 0. The molecule has 80 valence electrons. The summed E-state index contributed by atoms with van der Waals surface area (Å²) in [6, 6.07) is 0. The van der Waals surface area contributed by atoms with Gasteiger partial charge in [-0.05, 0) is 12.0 Å². The van der Waals surface area contributed by atoms with Crippen LogP contribution in [-0.2, 0) is 12.8 Å². The molecular formula is C11H15N3O. The lowest BCUT2D eigenvalue weighted by atomic mass is 10.2. The zero-order valence-electron chi connectivity index (χ0n) is 9.05. The molecule has 2 N–H and O–H groups in total. The largest absolute Gasteiger partial charge is 0.355 e. The molecule has 0 saturated heterocycles. The highest BCUT2D eigenvalue weighted by atomic mass is 16.1. The molecule has 0 spiro atoms. The van der Waals surface area contributed by atoms with E-state index in [9.17, 15) is 4.79 Å². The molecule has 0 aromatic carbocycles. The van der Waals surface area contributed by atoms with E-state index >= 15 is 0 Å². The van der Waals surface area contributed by atoms with Crippen molar-refractivity contribution in [1.82, 2.24) is 15.0 Å². The highest BCUT2D eigenvalue weighted by Gasteiger charge is 2.08. The number of aromatic amines is 2. The molecule has 0 atom stereocenters. The molecule has 0 aliphatic rings. The van der Waals surface area contributed by atoms with E-state index in [0.717, 1.165) is 36.2 Å². The zero-order chi connectivity index (χ0) is 10.8. The molecule has 15 heavy (non-hydrogen) atoms. The van der Waals surface area contributed by atoms with Crippen LogP contribution in [0.3, 0.4) is 0 Å². The molecule has 4 nitrogen and oxygen atoms in total. The fourth-order valence-electron chi connectivity index (χ4n) is 1.74. The van der Waals surface area contributed by atoms with Gasteiger partial charge in [0.25, 0.3) is 5.56 Å². The van der Waals surface area contributed by atoms with E-state index in [2.05, 4.69) is 21.9 Å². The van der Waals surface area contributed by atoms with Crippen molar-refractivity contribution in [3.05, 3.63) is 27.9 Å². The van der Waals surface area contributed by atoms with E-state index in [1.807, 2.05) is 13.1 Å². The second-order valence-electron chi connectivity index (χ2n) is 3.65. The van der Waals surface area contributed by atoms with Crippen molar-refractivity contribution in [2.75, 3.05) is 0 Å². The maximum Gasteiger partial charge on any atom is 0.275 e. The van der Waals surface area contributed by atoms with Crippen LogP contribution in [0.25, 0.3) is 11.0 Å². The monoisotopic (exact) mass is 205 g/mol. The van der Waals surface area contributed by atoms with Gasteiger partial charge in [0.15, 0.2) is 0 Å². The fourth-order valence-corrected chi connectivity index (χ4v) is 1.74. The predicted molar refractivity (Wildman–Crippen MR) is 60.1 cm³/mol. The van der Waals surface area contributed by atoms with Gasteiger partial charge in [0.2, 0.25) is 0 Å². The molecule has 0 unspecified atom stereocenters. The van der Waals surface area contributed by atoms with Crippen LogP contribution >= 0.6 is 0 Å². The number of fused-ring (bicyclic) bond motifs is 1. The van der Waals surface area contributed by atoms with Crippen LogP contribution in [0.5, 0.6) is 0 Å². The van der Waals surface area contributed by atoms with Crippen LogP contribution in [0, 0.1) is 0 Å². The minimum atomic E-state index is -0.0702. The summed E-state index contributed by atoms with van der Waals surface area (Å²) in [4.78, 5) is 21.8. The molecule has 4 heteroatoms. The van der Waals surface area contributed by atoms with E-state index in [1.54, 1.807) is 0 Å². The Morgan fingerprint density at radius 2 is 2.20 bits per heavy atom. The maximum atomic E-state index is 11.6. The van der Waals surface area contributed by atoms with Crippen LogP contribution in [0.2, 0.25) is 0 Å². The number of aromatic nitrogens is 3. The number of nitrogens with one attached hydrogen (secondary N) is 2. The average Bonchev–Trinajstić information content (AvgIpc) is 2.63. The van der Waals surface area contributed by atoms with E-state index < -0.39 is 0 Å². The molecule has 0 radical (unpaired) electrons. The van der Waals surface area contributed by atoms with Crippen LogP contribution in [0.1, 0.15) is 31.7 Å². The topological polar surface area (TPSA) is 61.5 Å². The zero-order valence-corrected chi connectivity index (χ0v) is 9.05. The Labute approximate surface area is 87.7 Å². The second kappa shape index (κ2) is 3.88. The van der Waals surface area contributed by atoms with Crippen LogP contribution in [-0.4, -0.2) is 15.0 Å². The van der Waals surface area contributed by atoms with Crippen molar-refractivity contribution in [1.29, 1.82) is 0 Å². The molecule has 2 rings (SSSR count). The normalized spacial score (nSPS) is 11.1. The Morgan fingerprint density at radius 3 is 2.87 bits per heavy atom. The summed E-state index contributed by atoms with van der Waals surface area (Å²) >= 11 is 0. The first-order valence-electron chi connectivity index (χ1n) is 5.35. The molecular weight excluding hydrogens is 190 g/mol. The highest BCUT2D eigenvalue weighted by Crippen LogP contribution is 2.14. The van der Waals surface area contributed by atoms with Gasteiger partial charge in [-0.2, -0.15) is 0 Å². The van der Waals surface area contributed by atoms with Gasteiger partial charge in [-0.25, -0.2) is 4.98 Å². The Balaban J connectivity index is 2.67. The summed E-state index contributed by atoms with van der Waals surface area (Å²) in [6.45, 7) is 4.10. The molecule has 0 saturated carbocycles. The first-order chi connectivity index (χ1) is 7.26. The first kappa shape index (κ1) is 9.96.